The van der Waals surface area contributed by atoms with Crippen LogP contribution in [0.2, 0.25) is 0 Å². The van der Waals surface area contributed by atoms with Crippen molar-refractivity contribution >= 4 is 37.2 Å². The molecule has 0 bridgehead atoms. The molecule has 0 saturated carbocycles. The molecule has 0 unspecified atom stereocenters. The van der Waals surface area contributed by atoms with Crippen LogP contribution in [0, 0.1) is 0 Å². The molecule has 1 nitrogen and oxygen atoms in total. The van der Waals surface area contributed by atoms with Gasteiger partial charge in [-0.25, -0.2) is 0 Å². The summed E-state index contributed by atoms with van der Waals surface area (Å²) in [7, 11) is 0. The Kier molecular flexibility index (Phi) is 2490. The maximum atomic E-state index is 0. The van der Waals surface area contributed by atoms with Gasteiger partial charge in [-0.1, -0.05) is 0 Å². The van der Waals surface area contributed by atoms with E-state index >= 15 is 0 Å². The molecule has 3 N–H and O–H groups in total. The molecule has 0 heterocycles. The third-order valence-corrected chi connectivity index (χ3v) is 0. The first-order valence-electron chi connectivity index (χ1n) is 0. The Morgan fingerprint density at radius 3 is 0.500 bits per heavy atom. The molecule has 62 valence electrons. The SMILES string of the molecule is Cl.Cl.Cl.N.[Cl-].[Cl-].[Cl-].[Rh+3]. The summed E-state index contributed by atoms with van der Waals surface area (Å²) in [4.78, 5) is 0. The maximum Gasteiger partial charge on any atom is 3.00 e. The van der Waals surface area contributed by atoms with Crippen LogP contribution >= 0.6 is 37.2 Å². The molecule has 8 heavy (non-hydrogen) atoms. The summed E-state index contributed by atoms with van der Waals surface area (Å²) in [6.45, 7) is 0. The number of hydrogen-bond donors (Lipinski definition) is 1. The van der Waals surface area contributed by atoms with Crippen molar-refractivity contribution in [2.24, 2.45) is 0 Å². The molecule has 0 aliphatic carbocycles. The summed E-state index contributed by atoms with van der Waals surface area (Å²) in [6.07, 6.45) is 0. The van der Waals surface area contributed by atoms with Gasteiger partial charge in [0.15, 0.2) is 0 Å². The van der Waals surface area contributed by atoms with Crippen LogP contribution in [0.1, 0.15) is 0 Å². The Labute approximate surface area is 99.3 Å². The van der Waals surface area contributed by atoms with Gasteiger partial charge in [-0.05, 0) is 0 Å². The Morgan fingerprint density at radius 2 is 0.500 bits per heavy atom. The molecule has 0 aromatic rings. The predicted molar refractivity (Wildman–Crippen MR) is 26.8 cm³/mol. The summed E-state index contributed by atoms with van der Waals surface area (Å²) >= 11 is 0. The fraction of sp³-hybridized carbons (Fsp3) is 0. The van der Waals surface area contributed by atoms with Gasteiger partial charge in [0.2, 0.25) is 0 Å². The Hall–Kier alpha value is 2.32. The van der Waals surface area contributed by atoms with Crippen molar-refractivity contribution < 1.29 is 56.7 Å². The molecule has 0 radical (unpaired) electrons. The minimum atomic E-state index is 0. The molecule has 0 saturated heterocycles. The van der Waals surface area contributed by atoms with Crippen molar-refractivity contribution in [1.82, 2.24) is 6.15 Å². The van der Waals surface area contributed by atoms with Crippen molar-refractivity contribution in [3.05, 3.63) is 0 Å². The van der Waals surface area contributed by atoms with Crippen LogP contribution in [0.4, 0.5) is 0 Å². The van der Waals surface area contributed by atoms with E-state index in [1.165, 1.54) is 0 Å². The van der Waals surface area contributed by atoms with Gasteiger partial charge < -0.3 is 43.4 Å². The van der Waals surface area contributed by atoms with Crippen LogP contribution in [0.5, 0.6) is 0 Å². The molecule has 0 rings (SSSR count). The van der Waals surface area contributed by atoms with Gasteiger partial charge >= 0.3 is 19.5 Å². The van der Waals surface area contributed by atoms with Gasteiger partial charge in [0, 0.05) is 0 Å². The van der Waals surface area contributed by atoms with E-state index in [-0.39, 0.29) is 100 Å². The predicted octanol–water partition coefficient (Wildman–Crippen LogP) is -7.56. The van der Waals surface area contributed by atoms with Crippen molar-refractivity contribution in [1.29, 1.82) is 0 Å². The smallest absolute Gasteiger partial charge is 1.00 e. The molecule has 0 atom stereocenters. The van der Waals surface area contributed by atoms with E-state index in [9.17, 15) is 0 Å². The minimum absolute atomic E-state index is 0. The van der Waals surface area contributed by atoms with Crippen LogP contribution < -0.4 is 43.4 Å². The molecule has 0 fully saturated rings. The van der Waals surface area contributed by atoms with E-state index in [4.69, 9.17) is 0 Å². The van der Waals surface area contributed by atoms with E-state index < -0.39 is 0 Å². The molecular weight excluding hydrogens is 330 g/mol. The average Bonchev–Trinajstić information content (AvgIpc) is 0. The quantitative estimate of drug-likeness (QED) is 0.439. The standard InChI is InChI=1S/6ClH.H3N.Rh/h6*1H;1H3;/q;;;;;;;+3/p-3. The van der Waals surface area contributed by atoms with Gasteiger partial charge in [0.25, 0.3) is 0 Å². The minimum Gasteiger partial charge on any atom is -1.00 e. The van der Waals surface area contributed by atoms with Crippen LogP contribution in [0.25, 0.3) is 0 Å². The summed E-state index contributed by atoms with van der Waals surface area (Å²) < 4.78 is 0. The summed E-state index contributed by atoms with van der Waals surface area (Å²) in [5.41, 5.74) is 0. The molecule has 0 spiro atoms. The van der Waals surface area contributed by atoms with Crippen LogP contribution in [-0.4, -0.2) is 0 Å². The second-order valence-electron chi connectivity index (χ2n) is 0. The summed E-state index contributed by atoms with van der Waals surface area (Å²) in [6, 6.07) is 0. The van der Waals surface area contributed by atoms with Gasteiger partial charge in [0.1, 0.15) is 0 Å². The van der Waals surface area contributed by atoms with Crippen molar-refractivity contribution in [2.75, 3.05) is 0 Å². The van der Waals surface area contributed by atoms with E-state index in [0.29, 0.717) is 0 Å². The van der Waals surface area contributed by atoms with E-state index in [2.05, 4.69) is 0 Å². The number of hydrogen-bond acceptors (Lipinski definition) is 1. The molecule has 8 heteroatoms. The van der Waals surface area contributed by atoms with Crippen LogP contribution in [0.3, 0.4) is 0 Å². The zero-order chi connectivity index (χ0) is 0. The topological polar surface area (TPSA) is 35.0 Å². The van der Waals surface area contributed by atoms with Gasteiger partial charge in [-0.3, -0.25) is 0 Å². The molecule has 0 aliphatic heterocycles. The van der Waals surface area contributed by atoms with Gasteiger partial charge in [-0.15, -0.1) is 37.2 Å². The maximum absolute atomic E-state index is 0. The van der Waals surface area contributed by atoms with Crippen LogP contribution in [-0.2, 0) is 19.5 Å². The largest absolute Gasteiger partial charge is 3.00 e. The molecule has 0 aromatic heterocycles. The molecule has 0 aromatic carbocycles. The first-order chi connectivity index (χ1) is 0. The van der Waals surface area contributed by atoms with E-state index in [1.54, 1.807) is 0 Å². The summed E-state index contributed by atoms with van der Waals surface area (Å²) in [5, 5.41) is 0. The van der Waals surface area contributed by atoms with Crippen LogP contribution in [0.15, 0.2) is 0 Å². The average molecular weight is 336 g/mol. The van der Waals surface area contributed by atoms with E-state index in [0.717, 1.165) is 0 Å². The second kappa shape index (κ2) is 120. The van der Waals surface area contributed by atoms with Gasteiger partial charge in [-0.2, -0.15) is 0 Å². The Bertz CT molecular complexity index is 8.49. The van der Waals surface area contributed by atoms with Crippen molar-refractivity contribution in [2.45, 2.75) is 0 Å². The summed E-state index contributed by atoms with van der Waals surface area (Å²) in [5.74, 6) is 0. The monoisotopic (exact) mass is 333 g/mol. The Morgan fingerprint density at radius 1 is 0.500 bits per heavy atom. The zero-order valence-corrected chi connectivity index (χ0v) is 9.76. The third kappa shape index (κ3) is 82.7. The van der Waals surface area contributed by atoms with Crippen molar-refractivity contribution in [3.8, 4) is 0 Å². The van der Waals surface area contributed by atoms with Crippen molar-refractivity contribution in [3.63, 3.8) is 0 Å². The Balaban J connectivity index is 0. The zero-order valence-electron chi connectivity index (χ0n) is 3.40. The molecule has 0 amide bonds. The number of halogens is 6. The first-order valence-corrected chi connectivity index (χ1v) is 0. The van der Waals surface area contributed by atoms with E-state index in [1.807, 2.05) is 0 Å². The fourth-order valence-corrected chi connectivity index (χ4v) is 0. The molecular formula is H6Cl6NRh. The number of rotatable bonds is 0. The van der Waals surface area contributed by atoms with Gasteiger partial charge in [0.05, 0.1) is 0 Å². The normalized spacial score (nSPS) is 0. The molecule has 0 aliphatic rings. The third-order valence-electron chi connectivity index (χ3n) is 0. The second-order valence-corrected chi connectivity index (χ2v) is 0. The first kappa shape index (κ1) is 166. The fourth-order valence-electron chi connectivity index (χ4n) is 0.